The van der Waals surface area contributed by atoms with E-state index in [0.717, 1.165) is 30.9 Å². The van der Waals surface area contributed by atoms with Crippen LogP contribution in [0.4, 0.5) is 0 Å². The van der Waals surface area contributed by atoms with Gasteiger partial charge in [0, 0.05) is 35.1 Å². The fraction of sp³-hybridized carbons (Fsp3) is 0.179. The van der Waals surface area contributed by atoms with Crippen LogP contribution in [0.15, 0.2) is 72.8 Å². The van der Waals surface area contributed by atoms with Crippen molar-refractivity contribution in [1.29, 1.82) is 0 Å². The molecular formula is C28H28MnN2O4. The second-order valence-electron chi connectivity index (χ2n) is 7.75. The van der Waals surface area contributed by atoms with Gasteiger partial charge in [-0.1, -0.05) is 38.1 Å². The number of rotatable bonds is 5. The molecule has 4 aromatic rings. The molecule has 1 radical (unpaired) electrons. The minimum atomic E-state index is -0.833. The molecule has 4 rings (SSSR count). The van der Waals surface area contributed by atoms with E-state index in [2.05, 4.69) is 13.8 Å². The summed E-state index contributed by atoms with van der Waals surface area (Å²) >= 11 is 0. The number of phenolic OH excluding ortho intramolecular Hbond substituents is 2. The first-order valence-corrected chi connectivity index (χ1v) is 11.1. The standard InChI is InChI=1S/C26H24N2O2.C2H4O2.Mn/c1-3-17-11-13-19(25(29)15-17)21-7-5-9-23(27-21)24-10-6-8-22(28-24)20-14-12-18(4-2)16-26(20)30;1-2(3)4;/h5-16,29-30H,3-4H2,1-2H3;1H3,(H,3,4);. The molecule has 2 aromatic heterocycles. The summed E-state index contributed by atoms with van der Waals surface area (Å²) < 4.78 is 0. The van der Waals surface area contributed by atoms with Crippen molar-refractivity contribution in [2.24, 2.45) is 0 Å². The van der Waals surface area contributed by atoms with E-state index in [1.54, 1.807) is 12.1 Å². The summed E-state index contributed by atoms with van der Waals surface area (Å²) in [6.45, 7) is 5.19. The van der Waals surface area contributed by atoms with Crippen LogP contribution in [0.25, 0.3) is 33.9 Å². The fourth-order valence-corrected chi connectivity index (χ4v) is 3.48. The van der Waals surface area contributed by atoms with E-state index in [-0.39, 0.29) is 28.6 Å². The molecule has 35 heavy (non-hydrogen) atoms. The molecule has 181 valence electrons. The van der Waals surface area contributed by atoms with Gasteiger partial charge in [0.2, 0.25) is 0 Å². The van der Waals surface area contributed by atoms with Crippen molar-refractivity contribution in [2.75, 3.05) is 0 Å². The number of benzene rings is 2. The molecule has 0 fully saturated rings. The number of aromatic nitrogens is 2. The molecule has 2 aromatic carbocycles. The minimum absolute atomic E-state index is 0. The van der Waals surface area contributed by atoms with Gasteiger partial charge in [0.05, 0.1) is 22.8 Å². The molecule has 0 aliphatic heterocycles. The number of carboxylic acids is 1. The van der Waals surface area contributed by atoms with Gasteiger partial charge in [-0.15, -0.1) is 0 Å². The zero-order valence-corrected chi connectivity index (χ0v) is 21.0. The van der Waals surface area contributed by atoms with E-state index in [0.29, 0.717) is 33.9 Å². The van der Waals surface area contributed by atoms with Crippen molar-refractivity contribution in [3.05, 3.63) is 83.9 Å². The van der Waals surface area contributed by atoms with Gasteiger partial charge in [-0.3, -0.25) is 4.79 Å². The van der Waals surface area contributed by atoms with Crippen molar-refractivity contribution in [3.8, 4) is 45.4 Å². The summed E-state index contributed by atoms with van der Waals surface area (Å²) in [5.74, 6) is -0.386. The van der Waals surface area contributed by atoms with Gasteiger partial charge in [-0.25, -0.2) is 9.97 Å². The molecule has 2 heterocycles. The number of nitrogens with zero attached hydrogens (tertiary/aromatic N) is 2. The molecule has 0 aliphatic carbocycles. The molecule has 0 bridgehead atoms. The normalized spacial score (nSPS) is 10.0. The number of carboxylic acid groups (broad SMARTS) is 1. The number of hydrogen-bond donors (Lipinski definition) is 3. The van der Waals surface area contributed by atoms with Gasteiger partial charge in [-0.2, -0.15) is 0 Å². The zero-order valence-electron chi connectivity index (χ0n) is 19.9. The van der Waals surface area contributed by atoms with Gasteiger partial charge < -0.3 is 15.3 Å². The Morgan fingerprint density at radius 3 is 1.34 bits per heavy atom. The molecule has 0 saturated heterocycles. The fourth-order valence-electron chi connectivity index (χ4n) is 3.48. The van der Waals surface area contributed by atoms with Crippen LogP contribution in [0.2, 0.25) is 0 Å². The third-order valence-electron chi connectivity index (χ3n) is 5.25. The second kappa shape index (κ2) is 12.7. The smallest absolute Gasteiger partial charge is 0.300 e. The first-order chi connectivity index (χ1) is 16.3. The largest absolute Gasteiger partial charge is 0.507 e. The Morgan fingerprint density at radius 1 is 0.686 bits per heavy atom. The third kappa shape index (κ3) is 7.15. The Labute approximate surface area is 215 Å². The Hall–Kier alpha value is -3.67. The van der Waals surface area contributed by atoms with Crippen molar-refractivity contribution in [3.63, 3.8) is 0 Å². The molecule has 0 unspecified atom stereocenters. The number of carbonyl (C=O) groups is 1. The maximum absolute atomic E-state index is 10.4. The molecular weight excluding hydrogens is 483 g/mol. The number of pyridine rings is 2. The maximum Gasteiger partial charge on any atom is 0.300 e. The molecule has 0 spiro atoms. The van der Waals surface area contributed by atoms with E-state index < -0.39 is 5.97 Å². The van der Waals surface area contributed by atoms with Gasteiger partial charge >= 0.3 is 0 Å². The first kappa shape index (κ1) is 27.6. The zero-order chi connectivity index (χ0) is 24.7. The molecule has 6 nitrogen and oxygen atoms in total. The maximum atomic E-state index is 10.4. The molecule has 0 aliphatic rings. The average molecular weight is 511 g/mol. The van der Waals surface area contributed by atoms with Crippen LogP contribution < -0.4 is 0 Å². The summed E-state index contributed by atoms with van der Waals surface area (Å²) in [6, 6.07) is 22.7. The predicted molar refractivity (Wildman–Crippen MR) is 134 cm³/mol. The number of aryl methyl sites for hydroxylation is 2. The van der Waals surface area contributed by atoms with E-state index >= 15 is 0 Å². The van der Waals surface area contributed by atoms with Crippen LogP contribution in [-0.4, -0.2) is 31.3 Å². The first-order valence-electron chi connectivity index (χ1n) is 11.1. The summed E-state index contributed by atoms with van der Waals surface area (Å²) in [5, 5.41) is 28.3. The summed E-state index contributed by atoms with van der Waals surface area (Å²) in [6.07, 6.45) is 1.73. The van der Waals surface area contributed by atoms with E-state index in [1.807, 2.05) is 60.7 Å². The van der Waals surface area contributed by atoms with Gasteiger partial charge in [0.15, 0.2) is 0 Å². The second-order valence-corrected chi connectivity index (χ2v) is 7.75. The SMILES string of the molecule is CC(=O)O.CCc1ccc(-c2cccc(-c3cccc(-c4ccc(CC)cc4O)n3)n2)c(O)c1.[Mn]. The molecule has 3 N–H and O–H groups in total. The molecule has 0 amide bonds. The van der Waals surface area contributed by atoms with Crippen LogP contribution in [0.3, 0.4) is 0 Å². The van der Waals surface area contributed by atoms with Crippen LogP contribution in [-0.2, 0) is 34.7 Å². The van der Waals surface area contributed by atoms with Gasteiger partial charge in [0.1, 0.15) is 11.5 Å². The average Bonchev–Trinajstić information content (AvgIpc) is 2.83. The van der Waals surface area contributed by atoms with Crippen LogP contribution in [0, 0.1) is 0 Å². The van der Waals surface area contributed by atoms with Crippen LogP contribution in [0.1, 0.15) is 31.9 Å². The van der Waals surface area contributed by atoms with E-state index in [9.17, 15) is 10.2 Å². The van der Waals surface area contributed by atoms with Crippen LogP contribution >= 0.6 is 0 Å². The quantitative estimate of drug-likeness (QED) is 0.280. The Kier molecular flexibility index (Phi) is 10.0. The minimum Gasteiger partial charge on any atom is -0.507 e. The van der Waals surface area contributed by atoms with Crippen molar-refractivity contribution >= 4 is 5.97 Å². The predicted octanol–water partition coefficient (Wildman–Crippen LogP) is 6.10. The van der Waals surface area contributed by atoms with Crippen molar-refractivity contribution in [1.82, 2.24) is 9.97 Å². The molecule has 0 saturated carbocycles. The Bertz CT molecular complexity index is 1210. The number of hydrogen-bond acceptors (Lipinski definition) is 5. The molecule has 7 heteroatoms. The van der Waals surface area contributed by atoms with Gasteiger partial charge in [-0.05, 0) is 72.5 Å². The van der Waals surface area contributed by atoms with Crippen LogP contribution in [0.5, 0.6) is 11.5 Å². The van der Waals surface area contributed by atoms with E-state index in [1.165, 1.54) is 0 Å². The Balaban J connectivity index is 0.000000804. The van der Waals surface area contributed by atoms with E-state index in [4.69, 9.17) is 19.9 Å². The number of phenols is 2. The molecule has 0 atom stereocenters. The van der Waals surface area contributed by atoms with Crippen molar-refractivity contribution < 1.29 is 37.2 Å². The summed E-state index contributed by atoms with van der Waals surface area (Å²) in [4.78, 5) is 18.5. The topological polar surface area (TPSA) is 104 Å². The van der Waals surface area contributed by atoms with Crippen molar-refractivity contribution in [2.45, 2.75) is 33.6 Å². The Morgan fingerprint density at radius 2 is 1.03 bits per heavy atom. The summed E-state index contributed by atoms with van der Waals surface area (Å²) in [7, 11) is 0. The number of aromatic hydroxyl groups is 2. The van der Waals surface area contributed by atoms with Gasteiger partial charge in [0.25, 0.3) is 5.97 Å². The summed E-state index contributed by atoms with van der Waals surface area (Å²) in [5.41, 5.74) is 6.34. The number of aliphatic carboxylic acids is 1. The third-order valence-corrected chi connectivity index (χ3v) is 5.25. The monoisotopic (exact) mass is 511 g/mol.